The van der Waals surface area contributed by atoms with Gasteiger partial charge in [0, 0.05) is 20.3 Å². The Hall–Kier alpha value is -0.160. The standard InChI is InChI=1S/C13H16BrNS2/c1-2-15-12(13-11(14)7-9-17-13)6-5-10-4-3-8-16-10/h3-4,7-9,12,15H,2,5-6H2,1H3. The molecule has 0 aliphatic carbocycles. The Morgan fingerprint density at radius 2 is 2.18 bits per heavy atom. The van der Waals surface area contributed by atoms with Crippen LogP contribution in [0.3, 0.4) is 0 Å². The minimum absolute atomic E-state index is 0.469. The fraction of sp³-hybridized carbons (Fsp3) is 0.385. The van der Waals surface area contributed by atoms with Crippen molar-refractivity contribution in [1.29, 1.82) is 0 Å². The highest BCUT2D eigenvalue weighted by atomic mass is 79.9. The summed E-state index contributed by atoms with van der Waals surface area (Å²) in [6.07, 6.45) is 2.31. The Morgan fingerprint density at radius 1 is 1.29 bits per heavy atom. The molecule has 1 atom stereocenters. The predicted octanol–water partition coefficient (Wildman–Crippen LogP) is 4.86. The molecular weight excluding hydrogens is 314 g/mol. The molecule has 2 aromatic heterocycles. The zero-order valence-electron chi connectivity index (χ0n) is 9.78. The van der Waals surface area contributed by atoms with Gasteiger partial charge in [-0.1, -0.05) is 13.0 Å². The number of rotatable bonds is 6. The van der Waals surface area contributed by atoms with E-state index in [1.807, 2.05) is 22.7 Å². The van der Waals surface area contributed by atoms with E-state index in [1.54, 1.807) is 0 Å². The van der Waals surface area contributed by atoms with Crippen molar-refractivity contribution in [3.8, 4) is 0 Å². The average molecular weight is 330 g/mol. The fourth-order valence-corrected chi connectivity index (χ4v) is 4.35. The zero-order valence-corrected chi connectivity index (χ0v) is 13.0. The second-order valence-corrected chi connectivity index (χ2v) is 6.70. The summed E-state index contributed by atoms with van der Waals surface area (Å²) in [5.41, 5.74) is 0. The number of nitrogens with one attached hydrogen (secondary N) is 1. The smallest absolute Gasteiger partial charge is 0.0429 e. The van der Waals surface area contributed by atoms with E-state index in [0.717, 1.165) is 19.4 Å². The molecule has 2 aromatic rings. The van der Waals surface area contributed by atoms with Crippen LogP contribution in [0.1, 0.15) is 29.1 Å². The second kappa shape index (κ2) is 6.69. The van der Waals surface area contributed by atoms with Gasteiger partial charge in [-0.25, -0.2) is 0 Å². The first kappa shape index (κ1) is 13.3. The monoisotopic (exact) mass is 329 g/mol. The van der Waals surface area contributed by atoms with Crippen molar-refractivity contribution in [2.75, 3.05) is 6.54 Å². The minimum Gasteiger partial charge on any atom is -0.309 e. The summed E-state index contributed by atoms with van der Waals surface area (Å²) in [6.45, 7) is 3.18. The van der Waals surface area contributed by atoms with Gasteiger partial charge in [0.2, 0.25) is 0 Å². The van der Waals surface area contributed by atoms with Gasteiger partial charge in [-0.15, -0.1) is 22.7 Å². The molecule has 1 unspecified atom stereocenters. The maximum absolute atomic E-state index is 3.63. The molecule has 0 bridgehead atoms. The van der Waals surface area contributed by atoms with Gasteiger partial charge in [-0.05, 0) is 58.2 Å². The third-order valence-corrected chi connectivity index (χ3v) is 5.59. The van der Waals surface area contributed by atoms with E-state index in [2.05, 4.69) is 57.1 Å². The summed E-state index contributed by atoms with van der Waals surface area (Å²) < 4.78 is 1.24. The van der Waals surface area contributed by atoms with Gasteiger partial charge >= 0.3 is 0 Å². The number of aryl methyl sites for hydroxylation is 1. The molecule has 0 saturated heterocycles. The molecule has 0 spiro atoms. The van der Waals surface area contributed by atoms with Gasteiger partial charge < -0.3 is 5.32 Å². The van der Waals surface area contributed by atoms with Gasteiger partial charge in [0.05, 0.1) is 0 Å². The third kappa shape index (κ3) is 3.65. The molecule has 0 radical (unpaired) electrons. The van der Waals surface area contributed by atoms with Crippen molar-refractivity contribution >= 4 is 38.6 Å². The summed E-state index contributed by atoms with van der Waals surface area (Å²) in [5.74, 6) is 0. The molecule has 4 heteroatoms. The SMILES string of the molecule is CCNC(CCc1cccs1)c1sccc1Br. The number of hydrogen-bond acceptors (Lipinski definition) is 3. The number of thiophene rings is 2. The summed E-state index contributed by atoms with van der Waals surface area (Å²) in [6, 6.07) is 6.95. The summed E-state index contributed by atoms with van der Waals surface area (Å²) in [4.78, 5) is 2.89. The topological polar surface area (TPSA) is 12.0 Å². The van der Waals surface area contributed by atoms with Crippen molar-refractivity contribution in [2.45, 2.75) is 25.8 Å². The van der Waals surface area contributed by atoms with Crippen LogP contribution in [0.5, 0.6) is 0 Å². The van der Waals surface area contributed by atoms with Crippen LogP contribution >= 0.6 is 38.6 Å². The van der Waals surface area contributed by atoms with Gasteiger partial charge in [0.1, 0.15) is 0 Å². The normalized spacial score (nSPS) is 12.8. The average Bonchev–Trinajstić information content (AvgIpc) is 2.95. The Bertz CT molecular complexity index is 436. The van der Waals surface area contributed by atoms with Crippen molar-refractivity contribution in [3.05, 3.63) is 43.2 Å². The highest BCUT2D eigenvalue weighted by Gasteiger charge is 2.14. The second-order valence-electron chi connectivity index (χ2n) is 3.86. The van der Waals surface area contributed by atoms with Gasteiger partial charge in [-0.2, -0.15) is 0 Å². The quantitative estimate of drug-likeness (QED) is 0.798. The molecule has 17 heavy (non-hydrogen) atoms. The number of halogens is 1. The maximum Gasteiger partial charge on any atom is 0.0429 e. The zero-order chi connectivity index (χ0) is 12.1. The van der Waals surface area contributed by atoms with Gasteiger partial charge in [0.25, 0.3) is 0 Å². The van der Waals surface area contributed by atoms with Crippen LogP contribution in [0.15, 0.2) is 33.4 Å². The summed E-state index contributed by atoms with van der Waals surface area (Å²) in [7, 11) is 0. The Balaban J connectivity index is 2.00. The molecule has 0 aliphatic rings. The van der Waals surface area contributed by atoms with Crippen LogP contribution in [0.25, 0.3) is 0 Å². The van der Waals surface area contributed by atoms with Crippen LogP contribution in [0.4, 0.5) is 0 Å². The molecule has 1 nitrogen and oxygen atoms in total. The van der Waals surface area contributed by atoms with Crippen LogP contribution < -0.4 is 5.32 Å². The Morgan fingerprint density at radius 3 is 2.76 bits per heavy atom. The van der Waals surface area contributed by atoms with Gasteiger partial charge in [-0.3, -0.25) is 0 Å². The minimum atomic E-state index is 0.469. The van der Waals surface area contributed by atoms with E-state index in [9.17, 15) is 0 Å². The van der Waals surface area contributed by atoms with E-state index in [1.165, 1.54) is 14.2 Å². The van der Waals surface area contributed by atoms with Crippen LogP contribution in [0.2, 0.25) is 0 Å². The first-order valence-electron chi connectivity index (χ1n) is 5.80. The van der Waals surface area contributed by atoms with Crippen LogP contribution in [-0.2, 0) is 6.42 Å². The Kier molecular flexibility index (Phi) is 5.22. The highest BCUT2D eigenvalue weighted by Crippen LogP contribution is 2.31. The lowest BCUT2D eigenvalue weighted by atomic mass is 10.1. The molecule has 1 N–H and O–H groups in total. The Labute approximate surface area is 119 Å². The molecular formula is C13H16BrNS2. The first-order chi connectivity index (χ1) is 8.31. The highest BCUT2D eigenvalue weighted by molar-refractivity contribution is 9.10. The van der Waals surface area contributed by atoms with E-state index in [4.69, 9.17) is 0 Å². The van der Waals surface area contributed by atoms with Crippen molar-refractivity contribution in [2.24, 2.45) is 0 Å². The van der Waals surface area contributed by atoms with Crippen molar-refractivity contribution in [1.82, 2.24) is 5.32 Å². The van der Waals surface area contributed by atoms with E-state index < -0.39 is 0 Å². The lowest BCUT2D eigenvalue weighted by molar-refractivity contribution is 0.523. The molecule has 0 aliphatic heterocycles. The molecule has 0 aromatic carbocycles. The predicted molar refractivity (Wildman–Crippen MR) is 81.1 cm³/mol. The van der Waals surface area contributed by atoms with E-state index >= 15 is 0 Å². The maximum atomic E-state index is 3.63. The summed E-state index contributed by atoms with van der Waals surface area (Å²) in [5, 5.41) is 7.87. The lowest BCUT2D eigenvalue weighted by Crippen LogP contribution is -2.20. The molecule has 0 fully saturated rings. The summed E-state index contributed by atoms with van der Waals surface area (Å²) >= 11 is 7.31. The molecule has 0 amide bonds. The first-order valence-corrected chi connectivity index (χ1v) is 8.35. The fourth-order valence-electron chi connectivity index (χ4n) is 1.87. The molecule has 92 valence electrons. The molecule has 2 heterocycles. The third-order valence-electron chi connectivity index (χ3n) is 2.67. The van der Waals surface area contributed by atoms with Crippen LogP contribution in [0, 0.1) is 0 Å². The number of hydrogen-bond donors (Lipinski definition) is 1. The van der Waals surface area contributed by atoms with Gasteiger partial charge in [0.15, 0.2) is 0 Å². The van der Waals surface area contributed by atoms with E-state index in [0.29, 0.717) is 6.04 Å². The molecule has 2 rings (SSSR count). The van der Waals surface area contributed by atoms with Crippen molar-refractivity contribution in [3.63, 3.8) is 0 Å². The van der Waals surface area contributed by atoms with Crippen LogP contribution in [-0.4, -0.2) is 6.54 Å². The van der Waals surface area contributed by atoms with E-state index in [-0.39, 0.29) is 0 Å². The molecule has 0 saturated carbocycles. The lowest BCUT2D eigenvalue weighted by Gasteiger charge is -2.16. The van der Waals surface area contributed by atoms with Crippen molar-refractivity contribution < 1.29 is 0 Å². The largest absolute Gasteiger partial charge is 0.309 e.